The van der Waals surface area contributed by atoms with Gasteiger partial charge in [0.25, 0.3) is 0 Å². The van der Waals surface area contributed by atoms with Crippen molar-refractivity contribution in [1.82, 2.24) is 5.16 Å². The second-order valence-electron chi connectivity index (χ2n) is 2.17. The Kier molecular flexibility index (Phi) is 2.28. The lowest BCUT2D eigenvalue weighted by Gasteiger charge is -1.94. The van der Waals surface area contributed by atoms with E-state index in [0.717, 1.165) is 0 Å². The van der Waals surface area contributed by atoms with Gasteiger partial charge >= 0.3 is 0 Å². The Morgan fingerprint density at radius 3 is 2.82 bits per heavy atom. The fourth-order valence-corrected chi connectivity index (χ4v) is 1.44. The zero-order valence-electron chi connectivity index (χ0n) is 6.15. The molecule has 0 bridgehead atoms. The summed E-state index contributed by atoms with van der Waals surface area (Å²) in [7, 11) is -2.96. The van der Waals surface area contributed by atoms with E-state index in [2.05, 4.69) is 9.68 Å². The zero-order chi connectivity index (χ0) is 8.32. The van der Waals surface area contributed by atoms with Gasteiger partial charge in [-0.3, -0.25) is 0 Å². The Hall–Kier alpha value is -0.840. The predicted octanol–water partition coefficient (Wildman–Crippen LogP) is 0.609. The molecule has 5 heteroatoms. The van der Waals surface area contributed by atoms with Crippen LogP contribution in [0.3, 0.4) is 0 Å². The maximum atomic E-state index is 11.0. The molecule has 1 aromatic rings. The Morgan fingerprint density at radius 1 is 1.64 bits per heavy atom. The third kappa shape index (κ3) is 2.34. The van der Waals surface area contributed by atoms with Crippen LogP contribution in [0, 0.1) is 0 Å². The van der Waals surface area contributed by atoms with Gasteiger partial charge in [-0.15, -0.1) is 0 Å². The number of sulfone groups is 1. The van der Waals surface area contributed by atoms with Crippen molar-refractivity contribution in [3.63, 3.8) is 0 Å². The van der Waals surface area contributed by atoms with Crippen molar-refractivity contribution in [2.24, 2.45) is 0 Å². The quantitative estimate of drug-likeness (QED) is 0.675. The standard InChI is InChI=1S/C6H9NO3S/c1-2-11(8,9)5-6-3-4-10-7-6/h3-4H,2,5H2,1H3. The summed E-state index contributed by atoms with van der Waals surface area (Å²) in [6.07, 6.45) is 1.36. The van der Waals surface area contributed by atoms with Crippen molar-refractivity contribution in [1.29, 1.82) is 0 Å². The first-order valence-corrected chi connectivity index (χ1v) is 5.06. The minimum Gasteiger partial charge on any atom is -0.364 e. The van der Waals surface area contributed by atoms with E-state index in [0.29, 0.717) is 5.69 Å². The van der Waals surface area contributed by atoms with Crippen LogP contribution in [0.5, 0.6) is 0 Å². The number of rotatable bonds is 3. The lowest BCUT2D eigenvalue weighted by molar-refractivity contribution is 0.413. The monoisotopic (exact) mass is 175 g/mol. The maximum Gasteiger partial charge on any atom is 0.155 e. The van der Waals surface area contributed by atoms with E-state index in [1.54, 1.807) is 13.0 Å². The van der Waals surface area contributed by atoms with Crippen LogP contribution in [0.25, 0.3) is 0 Å². The van der Waals surface area contributed by atoms with Crippen LogP contribution in [-0.2, 0) is 15.6 Å². The average Bonchev–Trinajstić information content (AvgIpc) is 2.39. The fraction of sp³-hybridized carbons (Fsp3) is 0.500. The topological polar surface area (TPSA) is 60.2 Å². The van der Waals surface area contributed by atoms with Crippen LogP contribution in [0.2, 0.25) is 0 Å². The van der Waals surface area contributed by atoms with Crippen LogP contribution in [0.4, 0.5) is 0 Å². The van der Waals surface area contributed by atoms with Gasteiger partial charge in [0.05, 0.1) is 11.4 Å². The summed E-state index contributed by atoms with van der Waals surface area (Å²) in [5.41, 5.74) is 0.465. The molecule has 0 radical (unpaired) electrons. The Morgan fingerprint density at radius 2 is 2.36 bits per heavy atom. The van der Waals surface area contributed by atoms with Crippen LogP contribution in [0.1, 0.15) is 12.6 Å². The van der Waals surface area contributed by atoms with Gasteiger partial charge < -0.3 is 4.52 Å². The van der Waals surface area contributed by atoms with Crippen LogP contribution in [0.15, 0.2) is 16.9 Å². The molecule has 1 aromatic heterocycles. The number of aromatic nitrogens is 1. The third-order valence-corrected chi connectivity index (χ3v) is 2.91. The Labute approximate surface area is 65.1 Å². The molecule has 0 spiro atoms. The van der Waals surface area contributed by atoms with Gasteiger partial charge in [0.1, 0.15) is 6.26 Å². The molecule has 0 aliphatic carbocycles. The molecule has 0 saturated heterocycles. The van der Waals surface area contributed by atoms with Crippen LogP contribution in [-0.4, -0.2) is 19.3 Å². The molecule has 0 aromatic carbocycles. The highest BCUT2D eigenvalue weighted by atomic mass is 32.2. The van der Waals surface area contributed by atoms with E-state index in [9.17, 15) is 8.42 Å². The number of hydrogen-bond donors (Lipinski definition) is 0. The molecule has 4 nitrogen and oxygen atoms in total. The molecule has 0 aliphatic rings. The molecule has 0 saturated carbocycles. The normalized spacial score (nSPS) is 11.7. The smallest absolute Gasteiger partial charge is 0.155 e. The lowest BCUT2D eigenvalue weighted by Crippen LogP contribution is -2.06. The van der Waals surface area contributed by atoms with E-state index in [-0.39, 0.29) is 11.5 Å². The molecular weight excluding hydrogens is 166 g/mol. The van der Waals surface area contributed by atoms with Crippen molar-refractivity contribution >= 4 is 9.84 Å². The van der Waals surface area contributed by atoms with Crippen LogP contribution < -0.4 is 0 Å². The SMILES string of the molecule is CCS(=O)(=O)Cc1ccon1. The first kappa shape index (κ1) is 8.26. The van der Waals surface area contributed by atoms with Gasteiger partial charge in [0.2, 0.25) is 0 Å². The number of nitrogens with zero attached hydrogens (tertiary/aromatic N) is 1. The molecule has 62 valence electrons. The minimum absolute atomic E-state index is 0.0278. The van der Waals surface area contributed by atoms with Gasteiger partial charge in [0.15, 0.2) is 9.84 Å². The molecule has 1 heterocycles. The molecule has 0 unspecified atom stereocenters. The summed E-state index contributed by atoms with van der Waals surface area (Å²) in [5.74, 6) is 0.111. The van der Waals surface area contributed by atoms with E-state index in [1.165, 1.54) is 6.26 Å². The number of hydrogen-bond acceptors (Lipinski definition) is 4. The Balaban J connectivity index is 2.72. The first-order chi connectivity index (χ1) is 5.14. The van der Waals surface area contributed by atoms with E-state index in [1.807, 2.05) is 0 Å². The second-order valence-corrected chi connectivity index (χ2v) is 4.52. The summed E-state index contributed by atoms with van der Waals surface area (Å²) >= 11 is 0. The molecule has 0 fully saturated rings. The minimum atomic E-state index is -2.96. The summed E-state index contributed by atoms with van der Waals surface area (Å²) in [6, 6.07) is 1.55. The highest BCUT2D eigenvalue weighted by molar-refractivity contribution is 7.90. The lowest BCUT2D eigenvalue weighted by atomic mass is 10.5. The van der Waals surface area contributed by atoms with Crippen LogP contribution >= 0.6 is 0 Å². The molecule has 0 atom stereocenters. The second kappa shape index (κ2) is 3.04. The first-order valence-electron chi connectivity index (χ1n) is 3.24. The van der Waals surface area contributed by atoms with Crippen molar-refractivity contribution in [3.8, 4) is 0 Å². The highest BCUT2D eigenvalue weighted by Gasteiger charge is 2.10. The average molecular weight is 175 g/mol. The van der Waals surface area contributed by atoms with Crippen molar-refractivity contribution in [2.75, 3.05) is 5.75 Å². The zero-order valence-corrected chi connectivity index (χ0v) is 6.97. The van der Waals surface area contributed by atoms with Crippen molar-refractivity contribution < 1.29 is 12.9 Å². The molecule has 0 N–H and O–H groups in total. The van der Waals surface area contributed by atoms with Gasteiger partial charge in [-0.1, -0.05) is 12.1 Å². The van der Waals surface area contributed by atoms with E-state index in [4.69, 9.17) is 0 Å². The van der Waals surface area contributed by atoms with Gasteiger partial charge in [-0.05, 0) is 0 Å². The van der Waals surface area contributed by atoms with E-state index >= 15 is 0 Å². The summed E-state index contributed by atoms with van der Waals surface area (Å²) in [5, 5.41) is 3.50. The van der Waals surface area contributed by atoms with Crippen molar-refractivity contribution in [2.45, 2.75) is 12.7 Å². The summed E-state index contributed by atoms with van der Waals surface area (Å²) < 4.78 is 26.5. The molecule has 0 aliphatic heterocycles. The summed E-state index contributed by atoms with van der Waals surface area (Å²) in [6.45, 7) is 1.61. The van der Waals surface area contributed by atoms with Crippen molar-refractivity contribution in [3.05, 3.63) is 18.0 Å². The summed E-state index contributed by atoms with van der Waals surface area (Å²) in [4.78, 5) is 0. The Bertz CT molecular complexity index is 301. The molecular formula is C6H9NO3S. The third-order valence-electron chi connectivity index (χ3n) is 1.30. The van der Waals surface area contributed by atoms with Gasteiger partial charge in [-0.2, -0.15) is 0 Å². The van der Waals surface area contributed by atoms with Gasteiger partial charge in [-0.25, -0.2) is 8.42 Å². The maximum absolute atomic E-state index is 11.0. The largest absolute Gasteiger partial charge is 0.364 e. The van der Waals surface area contributed by atoms with E-state index < -0.39 is 9.84 Å². The van der Waals surface area contributed by atoms with Gasteiger partial charge in [0, 0.05) is 11.8 Å². The molecule has 11 heavy (non-hydrogen) atoms. The highest BCUT2D eigenvalue weighted by Crippen LogP contribution is 2.02. The fourth-order valence-electron chi connectivity index (χ4n) is 0.639. The predicted molar refractivity (Wildman–Crippen MR) is 39.7 cm³/mol. The molecule has 1 rings (SSSR count). The molecule has 0 amide bonds.